The molecule has 2 aliphatic rings. The maximum absolute atomic E-state index is 12.9. The number of likely N-dealkylation sites (tertiary alicyclic amines) is 2. The average molecular weight is 404 g/mol. The van der Waals surface area contributed by atoms with Crippen LogP contribution >= 0.6 is 0 Å². The van der Waals surface area contributed by atoms with Crippen LogP contribution in [0.1, 0.15) is 24.8 Å². The van der Waals surface area contributed by atoms with E-state index in [1.54, 1.807) is 30.1 Å². The number of amides is 2. The van der Waals surface area contributed by atoms with Crippen LogP contribution in [0.2, 0.25) is 0 Å². The molecule has 2 heterocycles. The Kier molecular flexibility index (Phi) is 6.61. The maximum atomic E-state index is 12.9. The molecular formula is C21H28N2O6. The van der Waals surface area contributed by atoms with Gasteiger partial charge in [-0.1, -0.05) is 0 Å². The van der Waals surface area contributed by atoms with Crippen LogP contribution in [-0.2, 0) is 25.7 Å². The molecule has 158 valence electrons. The Hall–Kier alpha value is -2.77. The third-order valence-corrected chi connectivity index (χ3v) is 5.76. The van der Waals surface area contributed by atoms with Crippen molar-refractivity contribution in [2.24, 2.45) is 11.8 Å². The van der Waals surface area contributed by atoms with Crippen molar-refractivity contribution in [2.75, 3.05) is 41.0 Å². The number of nitrogens with zero attached hydrogens (tertiary/aromatic N) is 2. The standard InChI is InChI=1S/C21H28N2O6/c1-27-17-5-4-15(18(11-17)28-2)12-23-13-16(10-19(23)24)20(25)22-8-6-14(7-9-22)21(26)29-3/h4-5,11,14,16H,6-10,12-13H2,1-3H3. The van der Waals surface area contributed by atoms with E-state index in [1.165, 1.54) is 7.11 Å². The summed E-state index contributed by atoms with van der Waals surface area (Å²) in [6.07, 6.45) is 1.42. The third-order valence-electron chi connectivity index (χ3n) is 5.76. The Morgan fingerprint density at radius 1 is 1.07 bits per heavy atom. The number of rotatable bonds is 6. The van der Waals surface area contributed by atoms with Gasteiger partial charge in [0, 0.05) is 44.2 Å². The SMILES string of the molecule is COC(=O)C1CCN(C(=O)C2CC(=O)N(Cc3ccc(OC)cc3OC)C2)CC1. The Balaban J connectivity index is 1.59. The first kappa shape index (κ1) is 21.0. The number of benzene rings is 1. The van der Waals surface area contributed by atoms with Gasteiger partial charge in [-0.2, -0.15) is 0 Å². The molecule has 2 saturated heterocycles. The number of hydrogen-bond donors (Lipinski definition) is 0. The van der Waals surface area contributed by atoms with E-state index in [0.29, 0.717) is 50.5 Å². The van der Waals surface area contributed by atoms with E-state index in [0.717, 1.165) is 5.56 Å². The van der Waals surface area contributed by atoms with Crippen LogP contribution < -0.4 is 9.47 Å². The molecule has 29 heavy (non-hydrogen) atoms. The molecule has 0 N–H and O–H groups in total. The second kappa shape index (κ2) is 9.15. The van der Waals surface area contributed by atoms with Crippen molar-refractivity contribution in [3.05, 3.63) is 23.8 Å². The number of hydrogen-bond acceptors (Lipinski definition) is 6. The van der Waals surface area contributed by atoms with Gasteiger partial charge in [-0.3, -0.25) is 14.4 Å². The molecule has 0 aliphatic carbocycles. The van der Waals surface area contributed by atoms with Crippen LogP contribution in [0.3, 0.4) is 0 Å². The van der Waals surface area contributed by atoms with E-state index in [9.17, 15) is 14.4 Å². The van der Waals surface area contributed by atoms with E-state index in [2.05, 4.69) is 0 Å². The lowest BCUT2D eigenvalue weighted by Crippen LogP contribution is -2.43. The van der Waals surface area contributed by atoms with Crippen molar-refractivity contribution in [3.63, 3.8) is 0 Å². The fraction of sp³-hybridized carbons (Fsp3) is 0.571. The summed E-state index contributed by atoms with van der Waals surface area (Å²) in [5.74, 6) is 0.581. The zero-order valence-corrected chi connectivity index (χ0v) is 17.2. The molecule has 8 nitrogen and oxygen atoms in total. The van der Waals surface area contributed by atoms with Crippen molar-refractivity contribution < 1.29 is 28.6 Å². The number of methoxy groups -OCH3 is 3. The van der Waals surface area contributed by atoms with Crippen molar-refractivity contribution >= 4 is 17.8 Å². The summed E-state index contributed by atoms with van der Waals surface area (Å²) in [6.45, 7) is 1.83. The maximum Gasteiger partial charge on any atom is 0.308 e. The molecule has 0 spiro atoms. The molecule has 3 rings (SSSR count). The fourth-order valence-corrected chi connectivity index (χ4v) is 4.04. The Morgan fingerprint density at radius 2 is 1.79 bits per heavy atom. The smallest absolute Gasteiger partial charge is 0.308 e. The van der Waals surface area contributed by atoms with Gasteiger partial charge in [0.2, 0.25) is 11.8 Å². The lowest BCUT2D eigenvalue weighted by molar-refractivity contribution is -0.149. The molecule has 1 unspecified atom stereocenters. The highest BCUT2D eigenvalue weighted by molar-refractivity contribution is 5.89. The molecule has 2 aliphatic heterocycles. The molecule has 1 aromatic rings. The highest BCUT2D eigenvalue weighted by atomic mass is 16.5. The summed E-state index contributed by atoms with van der Waals surface area (Å²) in [5.41, 5.74) is 0.869. The molecule has 1 atom stereocenters. The van der Waals surface area contributed by atoms with Crippen molar-refractivity contribution in [3.8, 4) is 11.5 Å². The first-order valence-electron chi connectivity index (χ1n) is 9.82. The first-order valence-corrected chi connectivity index (χ1v) is 9.82. The van der Waals surface area contributed by atoms with Crippen LogP contribution in [0, 0.1) is 11.8 Å². The summed E-state index contributed by atoms with van der Waals surface area (Å²) in [4.78, 5) is 40.5. The predicted molar refractivity (Wildman–Crippen MR) is 104 cm³/mol. The summed E-state index contributed by atoms with van der Waals surface area (Å²) >= 11 is 0. The highest BCUT2D eigenvalue weighted by Gasteiger charge is 2.38. The molecule has 1 aromatic carbocycles. The van der Waals surface area contributed by atoms with E-state index >= 15 is 0 Å². The third kappa shape index (κ3) is 4.63. The summed E-state index contributed by atoms with van der Waals surface area (Å²) in [6, 6.07) is 5.48. The largest absolute Gasteiger partial charge is 0.497 e. The Morgan fingerprint density at radius 3 is 2.41 bits per heavy atom. The van der Waals surface area contributed by atoms with E-state index in [1.807, 2.05) is 12.1 Å². The number of piperidine rings is 1. The molecule has 2 amide bonds. The minimum atomic E-state index is -0.346. The minimum Gasteiger partial charge on any atom is -0.497 e. The van der Waals surface area contributed by atoms with Gasteiger partial charge in [-0.05, 0) is 25.0 Å². The minimum absolute atomic E-state index is 0.00846. The van der Waals surface area contributed by atoms with Gasteiger partial charge in [0.1, 0.15) is 11.5 Å². The zero-order chi connectivity index (χ0) is 21.0. The summed E-state index contributed by atoms with van der Waals surface area (Å²) in [5, 5.41) is 0. The van der Waals surface area contributed by atoms with Gasteiger partial charge < -0.3 is 24.0 Å². The molecule has 0 aromatic heterocycles. The molecule has 0 radical (unpaired) electrons. The van der Waals surface area contributed by atoms with Crippen LogP contribution in [0.25, 0.3) is 0 Å². The molecule has 0 bridgehead atoms. The Labute approximate surface area is 170 Å². The van der Waals surface area contributed by atoms with Gasteiger partial charge in [0.25, 0.3) is 0 Å². The number of ether oxygens (including phenoxy) is 3. The first-order chi connectivity index (χ1) is 14.0. The quantitative estimate of drug-likeness (QED) is 0.668. The van der Waals surface area contributed by atoms with Crippen molar-refractivity contribution in [1.82, 2.24) is 9.80 Å². The molecule has 0 saturated carbocycles. The van der Waals surface area contributed by atoms with Gasteiger partial charge >= 0.3 is 5.97 Å². The lowest BCUT2D eigenvalue weighted by Gasteiger charge is -2.32. The van der Waals surface area contributed by atoms with Gasteiger partial charge in [-0.25, -0.2) is 0 Å². The predicted octanol–water partition coefficient (Wildman–Crippen LogP) is 1.46. The van der Waals surface area contributed by atoms with E-state index < -0.39 is 0 Å². The fourth-order valence-electron chi connectivity index (χ4n) is 4.04. The molecular weight excluding hydrogens is 376 g/mol. The average Bonchev–Trinajstić information content (AvgIpc) is 3.13. The number of esters is 1. The lowest BCUT2D eigenvalue weighted by atomic mass is 9.95. The monoisotopic (exact) mass is 404 g/mol. The molecule has 8 heteroatoms. The van der Waals surface area contributed by atoms with Crippen LogP contribution in [0.15, 0.2) is 18.2 Å². The van der Waals surface area contributed by atoms with Crippen LogP contribution in [0.4, 0.5) is 0 Å². The Bertz CT molecular complexity index is 772. The van der Waals surface area contributed by atoms with Gasteiger partial charge in [0.05, 0.1) is 33.2 Å². The summed E-state index contributed by atoms with van der Waals surface area (Å²) in [7, 11) is 4.55. The highest BCUT2D eigenvalue weighted by Crippen LogP contribution is 2.29. The second-order valence-electron chi connectivity index (χ2n) is 7.48. The van der Waals surface area contributed by atoms with Gasteiger partial charge in [-0.15, -0.1) is 0 Å². The number of carbonyl (C=O) groups excluding carboxylic acids is 3. The van der Waals surface area contributed by atoms with Gasteiger partial charge in [0.15, 0.2) is 0 Å². The summed E-state index contributed by atoms with van der Waals surface area (Å²) < 4.78 is 15.4. The second-order valence-corrected chi connectivity index (χ2v) is 7.48. The van der Waals surface area contributed by atoms with Crippen LogP contribution in [0.5, 0.6) is 11.5 Å². The number of carbonyl (C=O) groups is 3. The zero-order valence-electron chi connectivity index (χ0n) is 17.2. The normalized spacial score (nSPS) is 20.0. The topological polar surface area (TPSA) is 85.4 Å². The van der Waals surface area contributed by atoms with Crippen molar-refractivity contribution in [2.45, 2.75) is 25.8 Å². The molecule has 2 fully saturated rings. The van der Waals surface area contributed by atoms with Crippen molar-refractivity contribution in [1.29, 1.82) is 0 Å². The van der Waals surface area contributed by atoms with Crippen LogP contribution in [-0.4, -0.2) is 68.5 Å². The van der Waals surface area contributed by atoms with E-state index in [-0.39, 0.29) is 36.0 Å². The van der Waals surface area contributed by atoms with E-state index in [4.69, 9.17) is 14.2 Å².